The average molecular weight is 468 g/mol. The molecule has 0 heterocycles. The van der Waals surface area contributed by atoms with E-state index in [1.54, 1.807) is 66.7 Å². The van der Waals surface area contributed by atoms with E-state index in [9.17, 15) is 9.59 Å². The third-order valence-electron chi connectivity index (χ3n) is 4.41. The van der Waals surface area contributed by atoms with Crippen molar-refractivity contribution in [3.8, 4) is 17.2 Å². The largest absolute Gasteiger partial charge is 0.497 e. The van der Waals surface area contributed by atoms with Gasteiger partial charge in [-0.05, 0) is 54.1 Å². The second-order valence-electron chi connectivity index (χ2n) is 6.66. The summed E-state index contributed by atoms with van der Waals surface area (Å²) in [5.74, 6) is 0.623. The maximum absolute atomic E-state index is 12.2. The van der Waals surface area contributed by atoms with Crippen LogP contribution in [0.2, 0.25) is 5.02 Å². The van der Waals surface area contributed by atoms with Crippen molar-refractivity contribution in [2.75, 3.05) is 26.1 Å². The van der Waals surface area contributed by atoms with Crippen molar-refractivity contribution in [3.05, 3.63) is 82.9 Å². The highest BCUT2D eigenvalue weighted by molar-refractivity contribution is 6.33. The summed E-state index contributed by atoms with van der Waals surface area (Å²) in [5.41, 5.74) is 4.04. The van der Waals surface area contributed by atoms with Crippen LogP contribution in [-0.4, -0.2) is 38.9 Å². The quantitative estimate of drug-likeness (QED) is 0.364. The molecule has 3 aromatic rings. The maximum atomic E-state index is 12.2. The fraction of sp³-hybridized carbons (Fsp3) is 0.125. The van der Waals surface area contributed by atoms with E-state index < -0.39 is 0 Å². The first-order valence-electron chi connectivity index (χ1n) is 9.83. The molecule has 0 atom stereocenters. The molecule has 0 spiro atoms. The summed E-state index contributed by atoms with van der Waals surface area (Å²) in [4.78, 5) is 24.4. The molecule has 0 unspecified atom stereocenters. The van der Waals surface area contributed by atoms with Gasteiger partial charge in [0.2, 0.25) is 0 Å². The van der Waals surface area contributed by atoms with Crippen molar-refractivity contribution in [2.45, 2.75) is 0 Å². The Balaban J connectivity index is 1.58. The van der Waals surface area contributed by atoms with Crippen LogP contribution in [0.25, 0.3) is 0 Å². The molecule has 0 saturated heterocycles. The molecule has 33 heavy (non-hydrogen) atoms. The summed E-state index contributed by atoms with van der Waals surface area (Å²) < 4.78 is 16.0. The number of nitrogens with one attached hydrogen (secondary N) is 2. The van der Waals surface area contributed by atoms with Gasteiger partial charge in [-0.3, -0.25) is 9.59 Å². The number of benzene rings is 3. The Morgan fingerprint density at radius 3 is 2.55 bits per heavy atom. The Kier molecular flexibility index (Phi) is 8.26. The van der Waals surface area contributed by atoms with Gasteiger partial charge in [-0.2, -0.15) is 5.10 Å². The molecule has 0 aromatic heterocycles. The van der Waals surface area contributed by atoms with Gasteiger partial charge >= 0.3 is 0 Å². The number of carbonyl (C=O) groups excluding carboxylic acids is 2. The predicted molar refractivity (Wildman–Crippen MR) is 127 cm³/mol. The molecule has 8 nitrogen and oxygen atoms in total. The van der Waals surface area contributed by atoms with Crippen LogP contribution in [-0.2, 0) is 4.79 Å². The Morgan fingerprint density at radius 2 is 1.79 bits per heavy atom. The van der Waals surface area contributed by atoms with E-state index in [0.29, 0.717) is 39.1 Å². The number of hydrogen-bond donors (Lipinski definition) is 2. The van der Waals surface area contributed by atoms with Crippen LogP contribution in [0.4, 0.5) is 5.69 Å². The van der Waals surface area contributed by atoms with Gasteiger partial charge in [-0.15, -0.1) is 0 Å². The van der Waals surface area contributed by atoms with Gasteiger partial charge in [-0.25, -0.2) is 5.43 Å². The second kappa shape index (κ2) is 11.5. The van der Waals surface area contributed by atoms with E-state index in [1.807, 2.05) is 0 Å². The summed E-state index contributed by atoms with van der Waals surface area (Å²) >= 11 is 6.04. The molecular weight excluding hydrogens is 446 g/mol. The van der Waals surface area contributed by atoms with E-state index in [4.69, 9.17) is 25.8 Å². The van der Waals surface area contributed by atoms with Crippen molar-refractivity contribution in [2.24, 2.45) is 5.10 Å². The minimum Gasteiger partial charge on any atom is -0.497 e. The van der Waals surface area contributed by atoms with Gasteiger partial charge in [0.25, 0.3) is 11.8 Å². The summed E-state index contributed by atoms with van der Waals surface area (Å²) in [6, 6.07) is 18.7. The fourth-order valence-corrected chi connectivity index (χ4v) is 2.95. The molecular formula is C24H22ClN3O5. The normalized spacial score (nSPS) is 10.5. The number of halogens is 1. The van der Waals surface area contributed by atoms with Crippen LogP contribution >= 0.6 is 11.6 Å². The van der Waals surface area contributed by atoms with Crippen molar-refractivity contribution >= 4 is 35.3 Å². The second-order valence-corrected chi connectivity index (χ2v) is 7.07. The highest BCUT2D eigenvalue weighted by Crippen LogP contribution is 2.28. The Hall–Kier alpha value is -4.04. The van der Waals surface area contributed by atoms with Crippen molar-refractivity contribution in [3.63, 3.8) is 0 Å². The van der Waals surface area contributed by atoms with Gasteiger partial charge in [0, 0.05) is 5.56 Å². The highest BCUT2D eigenvalue weighted by atomic mass is 35.5. The number of hydrazone groups is 1. The first-order valence-corrected chi connectivity index (χ1v) is 10.2. The van der Waals surface area contributed by atoms with Crippen molar-refractivity contribution in [1.82, 2.24) is 5.43 Å². The van der Waals surface area contributed by atoms with Gasteiger partial charge in [0.05, 0.1) is 31.1 Å². The van der Waals surface area contributed by atoms with Gasteiger partial charge in [-0.1, -0.05) is 29.8 Å². The lowest BCUT2D eigenvalue weighted by Gasteiger charge is -2.12. The van der Waals surface area contributed by atoms with Crippen molar-refractivity contribution in [1.29, 1.82) is 0 Å². The number of hydrogen-bond acceptors (Lipinski definition) is 6. The van der Waals surface area contributed by atoms with E-state index >= 15 is 0 Å². The number of ether oxygens (including phenoxy) is 3. The first kappa shape index (κ1) is 23.6. The lowest BCUT2D eigenvalue weighted by molar-refractivity contribution is -0.118. The molecule has 0 fully saturated rings. The molecule has 0 saturated carbocycles. The van der Waals surface area contributed by atoms with Crippen LogP contribution in [0.1, 0.15) is 15.9 Å². The molecule has 0 radical (unpaired) electrons. The number of rotatable bonds is 9. The van der Waals surface area contributed by atoms with Gasteiger partial charge in [0.1, 0.15) is 5.75 Å². The Bertz CT molecular complexity index is 1170. The summed E-state index contributed by atoms with van der Waals surface area (Å²) in [7, 11) is 3.01. The fourth-order valence-electron chi connectivity index (χ4n) is 2.77. The zero-order chi connectivity index (χ0) is 23.6. The van der Waals surface area contributed by atoms with E-state index in [1.165, 1.54) is 20.4 Å². The van der Waals surface area contributed by atoms with Crippen LogP contribution in [0.15, 0.2) is 71.8 Å². The molecule has 9 heteroatoms. The topological polar surface area (TPSA) is 98.3 Å². The molecule has 0 aliphatic rings. The average Bonchev–Trinajstić information content (AvgIpc) is 2.84. The smallest absolute Gasteiger partial charge is 0.271 e. The first-order chi connectivity index (χ1) is 16.0. The minimum absolute atomic E-state index is 0.231. The molecule has 0 aliphatic heterocycles. The molecule has 3 rings (SSSR count). The molecule has 0 aliphatic carbocycles. The molecule has 2 amide bonds. The number of anilines is 1. The van der Waals surface area contributed by atoms with Gasteiger partial charge < -0.3 is 19.5 Å². The van der Waals surface area contributed by atoms with E-state index in [-0.39, 0.29) is 18.4 Å². The summed E-state index contributed by atoms with van der Waals surface area (Å²) in [6.07, 6.45) is 1.47. The summed E-state index contributed by atoms with van der Waals surface area (Å²) in [6.45, 7) is -0.231. The lowest BCUT2D eigenvalue weighted by Crippen LogP contribution is -2.20. The van der Waals surface area contributed by atoms with Crippen LogP contribution in [0.5, 0.6) is 17.2 Å². The van der Waals surface area contributed by atoms with E-state index in [2.05, 4.69) is 15.8 Å². The third kappa shape index (κ3) is 6.72. The third-order valence-corrected chi connectivity index (χ3v) is 4.74. The highest BCUT2D eigenvalue weighted by Gasteiger charge is 2.10. The Labute approximate surface area is 196 Å². The molecule has 2 N–H and O–H groups in total. The van der Waals surface area contributed by atoms with Gasteiger partial charge in [0.15, 0.2) is 18.1 Å². The minimum atomic E-state index is -0.374. The predicted octanol–water partition coefficient (Wildman–Crippen LogP) is 4.14. The monoisotopic (exact) mass is 467 g/mol. The molecule has 3 aromatic carbocycles. The standard InChI is InChI=1S/C24H22ClN3O5/c1-31-18-7-5-6-17(13-18)24(30)28-26-14-16-10-11-21(22(12-16)32-2)33-15-23(29)27-20-9-4-3-8-19(20)25/h3-14H,15H2,1-2H3,(H,27,29)(H,28,30)/b26-14+. The molecule has 170 valence electrons. The van der Waals surface area contributed by atoms with E-state index in [0.717, 1.165) is 0 Å². The SMILES string of the molecule is COc1cccc(C(=O)N/N=C/c2ccc(OCC(=O)Nc3ccccc3Cl)c(OC)c2)c1. The number of carbonyl (C=O) groups is 2. The van der Waals surface area contributed by atoms with Crippen LogP contribution in [0.3, 0.4) is 0 Å². The maximum Gasteiger partial charge on any atom is 0.271 e. The van der Waals surface area contributed by atoms with Crippen LogP contribution in [0, 0.1) is 0 Å². The Morgan fingerprint density at radius 1 is 0.970 bits per heavy atom. The zero-order valence-corrected chi connectivity index (χ0v) is 18.8. The zero-order valence-electron chi connectivity index (χ0n) is 18.0. The summed E-state index contributed by atoms with van der Waals surface area (Å²) in [5, 5.41) is 7.09. The molecule has 0 bridgehead atoms. The number of para-hydroxylation sites is 1. The van der Waals surface area contributed by atoms with Crippen LogP contribution < -0.4 is 25.0 Å². The number of amides is 2. The number of methoxy groups -OCH3 is 2. The number of nitrogens with zero attached hydrogens (tertiary/aromatic N) is 1. The lowest BCUT2D eigenvalue weighted by atomic mass is 10.2. The van der Waals surface area contributed by atoms with Crippen molar-refractivity contribution < 1.29 is 23.8 Å².